The molecule has 0 saturated carbocycles. The van der Waals surface area contributed by atoms with E-state index in [0.29, 0.717) is 42.6 Å². The third-order valence-corrected chi connectivity index (χ3v) is 6.79. The molecule has 0 unspecified atom stereocenters. The maximum Gasteiger partial charge on any atom is 0.416 e. The molecule has 0 aliphatic carbocycles. The third-order valence-electron chi connectivity index (χ3n) is 6.79. The van der Waals surface area contributed by atoms with Gasteiger partial charge in [0.25, 0.3) is 5.56 Å². The van der Waals surface area contributed by atoms with Crippen molar-refractivity contribution in [2.45, 2.75) is 38.4 Å². The Balaban J connectivity index is 1.50. The van der Waals surface area contributed by atoms with E-state index < -0.39 is 17.7 Å². The molecule has 186 valence electrons. The first-order valence-corrected chi connectivity index (χ1v) is 11.6. The minimum atomic E-state index is -4.54. The summed E-state index contributed by atoms with van der Waals surface area (Å²) in [4.78, 5) is 28.0. The average Bonchev–Trinajstić information content (AvgIpc) is 2.87. The van der Waals surface area contributed by atoms with Crippen molar-refractivity contribution in [3.63, 3.8) is 0 Å². The molecule has 0 radical (unpaired) electrons. The van der Waals surface area contributed by atoms with Crippen LogP contribution < -0.4 is 10.5 Å². The zero-order valence-electron chi connectivity index (χ0n) is 19.5. The van der Waals surface area contributed by atoms with E-state index in [1.54, 1.807) is 19.1 Å². The highest BCUT2D eigenvalue weighted by Gasteiger charge is 2.33. The Labute approximate surface area is 204 Å². The summed E-state index contributed by atoms with van der Waals surface area (Å²) in [6.07, 6.45) is 1.06. The number of benzene rings is 1. The molecule has 10 heteroatoms. The number of hydrogen-bond donors (Lipinski definition) is 0. The van der Waals surface area contributed by atoms with Crippen molar-refractivity contribution in [2.24, 2.45) is 0 Å². The van der Waals surface area contributed by atoms with Crippen LogP contribution in [0.5, 0.6) is 0 Å². The number of piperidine rings is 1. The van der Waals surface area contributed by atoms with Crippen molar-refractivity contribution in [3.05, 3.63) is 93.5 Å². The number of anilines is 1. The fourth-order valence-electron chi connectivity index (χ4n) is 4.93. The Kier molecular flexibility index (Phi) is 6.19. The molecule has 0 N–H and O–H groups in total. The van der Waals surface area contributed by atoms with Crippen molar-refractivity contribution in [3.8, 4) is 0 Å². The molecule has 5 rings (SSSR count). The lowest BCUT2D eigenvalue weighted by atomic mass is 9.89. The Morgan fingerprint density at radius 2 is 1.72 bits per heavy atom. The normalized spacial score (nSPS) is 15.0. The van der Waals surface area contributed by atoms with Gasteiger partial charge in [0.15, 0.2) is 5.65 Å². The molecule has 4 aromatic rings. The number of fused-ring (bicyclic) bond motifs is 1. The lowest BCUT2D eigenvalue weighted by molar-refractivity contribution is -0.138. The van der Waals surface area contributed by atoms with E-state index in [-0.39, 0.29) is 29.2 Å². The van der Waals surface area contributed by atoms with Crippen LogP contribution in [0, 0.1) is 12.9 Å². The van der Waals surface area contributed by atoms with Gasteiger partial charge < -0.3 is 4.90 Å². The van der Waals surface area contributed by atoms with Crippen molar-refractivity contribution in [1.82, 2.24) is 19.5 Å². The number of aromatic nitrogens is 4. The summed E-state index contributed by atoms with van der Waals surface area (Å²) in [6, 6.07) is 8.71. The van der Waals surface area contributed by atoms with Gasteiger partial charge in [-0.25, -0.2) is 9.97 Å². The van der Waals surface area contributed by atoms with Gasteiger partial charge in [0.05, 0.1) is 12.1 Å². The molecule has 1 aromatic carbocycles. The molecule has 36 heavy (non-hydrogen) atoms. The fraction of sp³-hybridized carbons (Fsp3) is 0.308. The van der Waals surface area contributed by atoms with Crippen LogP contribution in [0.4, 0.5) is 23.2 Å². The summed E-state index contributed by atoms with van der Waals surface area (Å²) >= 11 is 0. The van der Waals surface area contributed by atoms with Gasteiger partial charge in [-0.05, 0) is 49.4 Å². The second-order valence-electron chi connectivity index (χ2n) is 8.92. The SMILES string of the molecule is Cc1c(N2CCC(c3cc4nccnc4n(Cc4ccccc4C(F)(F)F)c3=O)CC2)ccnc1F. The van der Waals surface area contributed by atoms with Crippen LogP contribution in [0.15, 0.2) is 59.8 Å². The Morgan fingerprint density at radius 3 is 2.47 bits per heavy atom. The van der Waals surface area contributed by atoms with Gasteiger partial charge in [0, 0.05) is 48.5 Å². The van der Waals surface area contributed by atoms with E-state index in [2.05, 4.69) is 19.9 Å². The summed E-state index contributed by atoms with van der Waals surface area (Å²) in [5.41, 5.74) is 1.27. The first kappa shape index (κ1) is 23.9. The van der Waals surface area contributed by atoms with Crippen LogP contribution in [0.1, 0.15) is 41.0 Å². The molecule has 1 aliphatic rings. The van der Waals surface area contributed by atoms with E-state index in [4.69, 9.17) is 0 Å². The van der Waals surface area contributed by atoms with Crippen molar-refractivity contribution in [1.29, 1.82) is 0 Å². The van der Waals surface area contributed by atoms with Crippen LogP contribution >= 0.6 is 0 Å². The Bertz CT molecular complexity index is 1480. The monoisotopic (exact) mass is 497 g/mol. The van der Waals surface area contributed by atoms with E-state index in [1.807, 2.05) is 0 Å². The lowest BCUT2D eigenvalue weighted by Gasteiger charge is -2.34. The second-order valence-corrected chi connectivity index (χ2v) is 8.92. The summed E-state index contributed by atoms with van der Waals surface area (Å²) < 4.78 is 56.1. The molecule has 0 bridgehead atoms. The second kappa shape index (κ2) is 9.33. The molecule has 0 amide bonds. The number of nitrogens with zero attached hydrogens (tertiary/aromatic N) is 5. The topological polar surface area (TPSA) is 63.9 Å². The Morgan fingerprint density at radius 1 is 1.00 bits per heavy atom. The molecule has 3 aromatic heterocycles. The van der Waals surface area contributed by atoms with Crippen LogP contribution in [0.25, 0.3) is 11.2 Å². The minimum absolute atomic E-state index is 0.0128. The summed E-state index contributed by atoms with van der Waals surface area (Å²) in [7, 11) is 0. The molecule has 1 aliphatic heterocycles. The molecule has 4 heterocycles. The van der Waals surface area contributed by atoms with Gasteiger partial charge >= 0.3 is 6.18 Å². The zero-order valence-corrected chi connectivity index (χ0v) is 19.5. The summed E-state index contributed by atoms with van der Waals surface area (Å²) in [6.45, 7) is 2.61. The van der Waals surface area contributed by atoms with Crippen LogP contribution in [-0.2, 0) is 12.7 Å². The highest BCUT2D eigenvalue weighted by Crippen LogP contribution is 2.34. The highest BCUT2D eigenvalue weighted by molar-refractivity contribution is 5.71. The first-order chi connectivity index (χ1) is 17.2. The number of alkyl halides is 3. The number of halogens is 4. The van der Waals surface area contributed by atoms with Gasteiger partial charge in [-0.3, -0.25) is 14.3 Å². The van der Waals surface area contributed by atoms with Crippen molar-refractivity contribution >= 4 is 16.9 Å². The van der Waals surface area contributed by atoms with Crippen LogP contribution in [-0.4, -0.2) is 32.6 Å². The predicted molar refractivity (Wildman–Crippen MR) is 127 cm³/mol. The third kappa shape index (κ3) is 4.43. The van der Waals surface area contributed by atoms with Crippen LogP contribution in [0.3, 0.4) is 0 Å². The quantitative estimate of drug-likeness (QED) is 0.291. The molecule has 0 spiro atoms. The van der Waals surface area contributed by atoms with Gasteiger partial charge in [0.1, 0.15) is 5.52 Å². The van der Waals surface area contributed by atoms with Gasteiger partial charge in [-0.2, -0.15) is 17.6 Å². The number of hydrogen-bond acceptors (Lipinski definition) is 5. The number of pyridine rings is 2. The molecular formula is C26H23F4N5O. The zero-order chi connectivity index (χ0) is 25.4. The van der Waals surface area contributed by atoms with Crippen LogP contribution in [0.2, 0.25) is 0 Å². The fourth-order valence-corrected chi connectivity index (χ4v) is 4.93. The van der Waals surface area contributed by atoms with Gasteiger partial charge in [-0.1, -0.05) is 18.2 Å². The van der Waals surface area contributed by atoms with Crippen molar-refractivity contribution < 1.29 is 17.6 Å². The lowest BCUT2D eigenvalue weighted by Crippen LogP contribution is -2.36. The molecule has 0 atom stereocenters. The van der Waals surface area contributed by atoms with E-state index in [0.717, 1.165) is 11.8 Å². The maximum absolute atomic E-state index is 13.9. The van der Waals surface area contributed by atoms with Crippen molar-refractivity contribution in [2.75, 3.05) is 18.0 Å². The molecular weight excluding hydrogens is 474 g/mol. The molecule has 1 fully saturated rings. The molecule has 6 nitrogen and oxygen atoms in total. The summed E-state index contributed by atoms with van der Waals surface area (Å²) in [5, 5.41) is 0. The average molecular weight is 497 g/mol. The van der Waals surface area contributed by atoms with E-state index >= 15 is 0 Å². The minimum Gasteiger partial charge on any atom is -0.371 e. The Hall–Kier alpha value is -3.82. The maximum atomic E-state index is 13.9. The van der Waals surface area contributed by atoms with E-state index in [1.165, 1.54) is 41.4 Å². The standard InChI is InChI=1S/C26H23F4N5O/c1-16-22(6-9-32-23(16)27)34-12-7-17(8-13-34)19-14-21-24(33-11-10-31-21)35(25(19)36)15-18-4-2-3-5-20(18)26(28,29)30/h2-6,9-11,14,17H,7-8,12-13,15H2,1H3. The van der Waals surface area contributed by atoms with E-state index in [9.17, 15) is 22.4 Å². The van der Waals surface area contributed by atoms with Gasteiger partial charge in [-0.15, -0.1) is 0 Å². The number of rotatable bonds is 4. The highest BCUT2D eigenvalue weighted by atomic mass is 19.4. The smallest absolute Gasteiger partial charge is 0.371 e. The van der Waals surface area contributed by atoms with Gasteiger partial charge in [0.2, 0.25) is 5.95 Å². The molecule has 1 saturated heterocycles. The summed E-state index contributed by atoms with van der Waals surface area (Å²) in [5.74, 6) is -0.624. The largest absolute Gasteiger partial charge is 0.416 e. The predicted octanol–water partition coefficient (Wildman–Crippen LogP) is 5.09. The first-order valence-electron chi connectivity index (χ1n) is 11.6.